The van der Waals surface area contributed by atoms with E-state index in [0.717, 1.165) is 11.3 Å². The van der Waals surface area contributed by atoms with Gasteiger partial charge in [0.15, 0.2) is 6.33 Å². The summed E-state index contributed by atoms with van der Waals surface area (Å²) >= 11 is 1.46. The van der Waals surface area contributed by atoms with Gasteiger partial charge in [-0.25, -0.2) is 8.42 Å². The van der Waals surface area contributed by atoms with Gasteiger partial charge in [0.05, 0.1) is 22.7 Å². The predicted octanol–water partition coefficient (Wildman–Crippen LogP) is 3.63. The van der Waals surface area contributed by atoms with E-state index in [2.05, 4.69) is 35.3 Å². The maximum atomic E-state index is 13.0. The van der Waals surface area contributed by atoms with E-state index in [1.165, 1.54) is 35.0 Å². The number of hydrogen-bond acceptors (Lipinski definition) is 9. The summed E-state index contributed by atoms with van der Waals surface area (Å²) in [4.78, 5) is 6.04. The molecule has 0 aliphatic heterocycles. The van der Waals surface area contributed by atoms with Crippen molar-refractivity contribution in [2.45, 2.75) is 22.2 Å². The summed E-state index contributed by atoms with van der Waals surface area (Å²) in [6.45, 7) is 0.891. The second-order valence-corrected chi connectivity index (χ2v) is 10.4. The largest absolute Gasteiger partial charge is 0.492 e. The molecule has 3 aromatic heterocycles. The van der Waals surface area contributed by atoms with Crippen LogP contribution >= 0.6 is 11.8 Å². The molecule has 0 spiro atoms. The summed E-state index contributed by atoms with van der Waals surface area (Å²) in [6, 6.07) is 21.4. The first-order valence-corrected chi connectivity index (χ1v) is 13.7. The summed E-state index contributed by atoms with van der Waals surface area (Å²) in [5, 5.41) is 19.3. The summed E-state index contributed by atoms with van der Waals surface area (Å²) in [6.07, 6.45) is 3.03. The van der Waals surface area contributed by atoms with E-state index in [0.29, 0.717) is 35.2 Å². The van der Waals surface area contributed by atoms with Crippen molar-refractivity contribution in [3.05, 3.63) is 90.9 Å². The molecule has 2 N–H and O–H groups in total. The average molecular weight is 535 g/mol. The van der Waals surface area contributed by atoms with Gasteiger partial charge >= 0.3 is 0 Å². The van der Waals surface area contributed by atoms with Gasteiger partial charge in [-0.2, -0.15) is 9.90 Å². The molecule has 0 aliphatic rings. The van der Waals surface area contributed by atoms with E-state index in [1.54, 1.807) is 30.5 Å². The molecule has 0 radical (unpaired) electrons. The molecule has 0 amide bonds. The van der Waals surface area contributed by atoms with Gasteiger partial charge in [-0.05, 0) is 47.2 Å². The van der Waals surface area contributed by atoms with Crippen LogP contribution in [0.15, 0.2) is 95.2 Å². The minimum Gasteiger partial charge on any atom is -0.492 e. The normalized spacial score (nSPS) is 11.4. The van der Waals surface area contributed by atoms with Crippen molar-refractivity contribution in [1.82, 2.24) is 35.4 Å². The van der Waals surface area contributed by atoms with Crippen LogP contribution in [0.3, 0.4) is 0 Å². The number of aromatic nitrogens is 7. The Labute approximate surface area is 217 Å². The number of nitrogens with zero attached hydrogens (tertiary/aromatic N) is 6. The van der Waals surface area contributed by atoms with E-state index in [4.69, 9.17) is 4.74 Å². The second-order valence-electron chi connectivity index (χ2n) is 7.73. The Hall–Kier alpha value is -4.23. The molecule has 11 nitrogen and oxygen atoms in total. The fourth-order valence-electron chi connectivity index (χ4n) is 3.46. The Morgan fingerprint density at radius 3 is 2.68 bits per heavy atom. The quantitative estimate of drug-likeness (QED) is 0.243. The monoisotopic (exact) mass is 534 g/mol. The number of thioether (sulfide) groups is 1. The molecule has 2 aromatic carbocycles. The molecule has 13 heteroatoms. The van der Waals surface area contributed by atoms with Gasteiger partial charge < -0.3 is 4.74 Å². The van der Waals surface area contributed by atoms with Gasteiger partial charge in [-0.1, -0.05) is 48.2 Å². The number of hydrogen-bond donors (Lipinski definition) is 2. The second kappa shape index (κ2) is 11.2. The number of H-pyrrole nitrogens is 1. The highest BCUT2D eigenvalue weighted by molar-refractivity contribution is 7.98. The van der Waals surface area contributed by atoms with Crippen LogP contribution in [0, 0.1) is 0 Å². The molecule has 5 aromatic rings. The number of sulfonamides is 1. The molecule has 0 saturated heterocycles. The molecule has 188 valence electrons. The van der Waals surface area contributed by atoms with Gasteiger partial charge in [0, 0.05) is 11.9 Å². The van der Waals surface area contributed by atoms with Crippen molar-refractivity contribution >= 4 is 27.6 Å². The van der Waals surface area contributed by atoms with Crippen molar-refractivity contribution in [2.24, 2.45) is 0 Å². The van der Waals surface area contributed by atoms with E-state index < -0.39 is 10.0 Å². The van der Waals surface area contributed by atoms with Gasteiger partial charge in [0.1, 0.15) is 23.2 Å². The topological polar surface area (TPSA) is 141 Å². The Morgan fingerprint density at radius 1 is 1.03 bits per heavy atom. The molecule has 5 rings (SSSR count). The zero-order chi connectivity index (χ0) is 25.5. The van der Waals surface area contributed by atoms with Crippen molar-refractivity contribution in [3.8, 4) is 17.0 Å². The average Bonchev–Trinajstić information content (AvgIpc) is 3.59. The van der Waals surface area contributed by atoms with Crippen LogP contribution in [0.25, 0.3) is 11.3 Å². The molecular weight excluding hydrogens is 512 g/mol. The molecule has 37 heavy (non-hydrogen) atoms. The minimum absolute atomic E-state index is 0.155. The highest BCUT2D eigenvalue weighted by Gasteiger charge is 2.22. The van der Waals surface area contributed by atoms with Crippen LogP contribution in [0.4, 0.5) is 5.82 Å². The first-order chi connectivity index (χ1) is 18.1. The first kappa shape index (κ1) is 24.5. The Bertz CT molecular complexity index is 1540. The molecule has 0 fully saturated rings. The fraction of sp³-hybridized carbons (Fsp3) is 0.125. The van der Waals surface area contributed by atoms with Crippen molar-refractivity contribution < 1.29 is 13.2 Å². The maximum absolute atomic E-state index is 13.0. The zero-order valence-corrected chi connectivity index (χ0v) is 21.1. The smallest absolute Gasteiger partial charge is 0.263 e. The van der Waals surface area contributed by atoms with Crippen LogP contribution in [-0.4, -0.2) is 50.4 Å². The fourth-order valence-corrected chi connectivity index (χ4v) is 5.45. The van der Waals surface area contributed by atoms with Crippen LogP contribution in [0.5, 0.6) is 5.75 Å². The van der Waals surface area contributed by atoms with E-state index in [-0.39, 0.29) is 10.7 Å². The van der Waals surface area contributed by atoms with Crippen molar-refractivity contribution in [1.29, 1.82) is 0 Å². The minimum atomic E-state index is -3.82. The molecule has 0 unspecified atom stereocenters. The number of nitrogens with one attached hydrogen (secondary N) is 2. The number of aromatic amines is 1. The number of ether oxygens (including phenoxy) is 1. The van der Waals surface area contributed by atoms with Crippen molar-refractivity contribution in [2.75, 3.05) is 11.3 Å². The van der Waals surface area contributed by atoms with Crippen LogP contribution < -0.4 is 9.46 Å². The number of benzene rings is 2. The van der Waals surface area contributed by atoms with Gasteiger partial charge in [-0.15, -0.1) is 10.2 Å². The van der Waals surface area contributed by atoms with E-state index >= 15 is 0 Å². The summed E-state index contributed by atoms with van der Waals surface area (Å²) < 4.78 is 34.4. The maximum Gasteiger partial charge on any atom is 0.263 e. The van der Waals surface area contributed by atoms with Crippen LogP contribution in [0.1, 0.15) is 5.56 Å². The van der Waals surface area contributed by atoms with E-state index in [1.807, 2.05) is 36.4 Å². The lowest BCUT2D eigenvalue weighted by Crippen LogP contribution is -2.13. The Balaban J connectivity index is 1.33. The zero-order valence-electron chi connectivity index (χ0n) is 19.4. The molecular formula is C24H22N8O3S2. The van der Waals surface area contributed by atoms with Crippen LogP contribution in [-0.2, 0) is 22.3 Å². The van der Waals surface area contributed by atoms with Gasteiger partial charge in [0.25, 0.3) is 10.0 Å². The highest BCUT2D eigenvalue weighted by atomic mass is 32.2. The third kappa shape index (κ3) is 6.13. The van der Waals surface area contributed by atoms with Gasteiger partial charge in [0.2, 0.25) is 0 Å². The SMILES string of the molecule is O=S(=O)(Nc1[nH]nc(SCc2cccc(OCCn3ncnn3)c2)c1-c1ccccn1)c1ccccc1. The summed E-state index contributed by atoms with van der Waals surface area (Å²) in [5.74, 6) is 1.56. The molecule has 0 aliphatic carbocycles. The number of tetrazole rings is 1. The molecule has 0 atom stereocenters. The number of rotatable bonds is 11. The Morgan fingerprint density at radius 2 is 1.89 bits per heavy atom. The third-order valence-electron chi connectivity index (χ3n) is 5.17. The molecule has 0 bridgehead atoms. The van der Waals surface area contributed by atoms with E-state index in [9.17, 15) is 8.42 Å². The van der Waals surface area contributed by atoms with Crippen LogP contribution in [0.2, 0.25) is 0 Å². The third-order valence-corrected chi connectivity index (χ3v) is 7.58. The highest BCUT2D eigenvalue weighted by Crippen LogP contribution is 2.37. The number of anilines is 1. The molecule has 3 heterocycles. The standard InChI is InChI=1S/C24H22N8O3S2/c33-37(34,20-9-2-1-3-10-20)30-23-22(21-11-4-5-12-25-21)24(29-28-23)36-16-18-7-6-8-19(15-18)35-14-13-32-27-17-26-31-32/h1-12,15,17H,13-14,16H2,(H2,28,29,30). The number of pyridine rings is 1. The molecule has 0 saturated carbocycles. The van der Waals surface area contributed by atoms with Crippen molar-refractivity contribution in [3.63, 3.8) is 0 Å². The predicted molar refractivity (Wildman–Crippen MR) is 138 cm³/mol. The lowest BCUT2D eigenvalue weighted by atomic mass is 10.2. The summed E-state index contributed by atoms with van der Waals surface area (Å²) in [5.41, 5.74) is 2.20. The summed E-state index contributed by atoms with van der Waals surface area (Å²) in [7, 11) is -3.82. The Kier molecular flexibility index (Phi) is 7.42. The lowest BCUT2D eigenvalue weighted by molar-refractivity contribution is 0.280. The van der Waals surface area contributed by atoms with Gasteiger partial charge in [-0.3, -0.25) is 14.8 Å². The first-order valence-electron chi connectivity index (χ1n) is 11.2. The lowest BCUT2D eigenvalue weighted by Gasteiger charge is -2.10.